The van der Waals surface area contributed by atoms with Crippen LogP contribution in [0.15, 0.2) is 22.2 Å². The van der Waals surface area contributed by atoms with E-state index in [-0.39, 0.29) is 29.9 Å². The van der Waals surface area contributed by atoms with Crippen LogP contribution < -0.4 is 5.73 Å². The molecule has 0 aromatic carbocycles. The van der Waals surface area contributed by atoms with E-state index in [0.29, 0.717) is 44.6 Å². The molecule has 3 rings (SSSR count). The number of amides is 1. The van der Waals surface area contributed by atoms with Gasteiger partial charge in [0.2, 0.25) is 0 Å². The molecule has 0 radical (unpaired) electrons. The van der Waals surface area contributed by atoms with Crippen LogP contribution in [-0.2, 0) is 23.1 Å². The van der Waals surface area contributed by atoms with Crippen LogP contribution in [0.25, 0.3) is 0 Å². The van der Waals surface area contributed by atoms with Crippen molar-refractivity contribution in [3.8, 4) is 0 Å². The largest absolute Gasteiger partial charge is 0.511 e. The Balaban J connectivity index is 1.93. The van der Waals surface area contributed by atoms with Gasteiger partial charge in [0.25, 0.3) is 5.91 Å². The number of aryl methyl sites for hydroxylation is 1. The minimum atomic E-state index is -5.49. The molecule has 0 saturated heterocycles. The van der Waals surface area contributed by atoms with Crippen molar-refractivity contribution in [2.24, 2.45) is 5.73 Å². The number of carbonyl (C=O) groups excluding carboxylic acids is 1. The number of sulfonamides is 1. The Labute approximate surface area is 193 Å². The first-order valence-electron chi connectivity index (χ1n) is 9.56. The number of halogens is 5. The van der Waals surface area contributed by atoms with Crippen LogP contribution in [0, 0.1) is 6.92 Å². The molecule has 1 aliphatic heterocycles. The molecule has 2 aliphatic rings. The SMILES string of the molecule is Cc1nc2c(c([C@@H]3CC=C(Cl)C=C3Cl)c1CN)C(=O)N(CCN(C)S(=O)(=O)C(F)(F)F)C2. The number of pyridine rings is 1. The first-order valence-corrected chi connectivity index (χ1v) is 11.8. The molecule has 1 aromatic rings. The first-order chi connectivity index (χ1) is 14.8. The summed E-state index contributed by atoms with van der Waals surface area (Å²) >= 11 is 12.5. The second-order valence-electron chi connectivity index (χ2n) is 7.52. The smallest absolute Gasteiger partial charge is 0.331 e. The highest BCUT2D eigenvalue weighted by atomic mass is 35.5. The van der Waals surface area contributed by atoms with Crippen molar-refractivity contribution >= 4 is 39.1 Å². The van der Waals surface area contributed by atoms with Crippen molar-refractivity contribution in [2.75, 3.05) is 20.1 Å². The molecule has 13 heteroatoms. The molecule has 32 heavy (non-hydrogen) atoms. The highest BCUT2D eigenvalue weighted by Gasteiger charge is 2.48. The summed E-state index contributed by atoms with van der Waals surface area (Å²) in [5.41, 5.74) is 3.20. The van der Waals surface area contributed by atoms with Crippen molar-refractivity contribution in [3.05, 3.63) is 50.3 Å². The van der Waals surface area contributed by atoms with E-state index >= 15 is 0 Å². The fourth-order valence-electron chi connectivity index (χ4n) is 3.86. The van der Waals surface area contributed by atoms with Crippen LogP contribution in [-0.4, -0.2) is 54.2 Å². The third kappa shape index (κ3) is 4.41. The van der Waals surface area contributed by atoms with E-state index in [0.717, 1.165) is 7.05 Å². The number of likely N-dealkylation sites (N-methyl/N-ethyl adjacent to an activating group) is 1. The zero-order valence-corrected chi connectivity index (χ0v) is 19.5. The third-order valence-electron chi connectivity index (χ3n) is 5.56. The fourth-order valence-corrected chi connectivity index (χ4v) is 5.12. The van der Waals surface area contributed by atoms with Gasteiger partial charge in [0, 0.05) is 48.4 Å². The van der Waals surface area contributed by atoms with E-state index in [1.54, 1.807) is 19.1 Å². The van der Waals surface area contributed by atoms with Crippen LogP contribution in [0.4, 0.5) is 13.2 Å². The van der Waals surface area contributed by atoms with Gasteiger partial charge >= 0.3 is 15.5 Å². The minimum absolute atomic E-state index is 0.0391. The number of aromatic nitrogens is 1. The molecular formula is C19H21Cl2F3N4O3S. The van der Waals surface area contributed by atoms with Crippen LogP contribution in [0.2, 0.25) is 0 Å². The molecule has 0 bridgehead atoms. The van der Waals surface area contributed by atoms with E-state index < -0.39 is 28.0 Å². The second-order valence-corrected chi connectivity index (χ2v) is 10.4. The Bertz CT molecular complexity index is 1120. The lowest BCUT2D eigenvalue weighted by Gasteiger charge is -2.25. The van der Waals surface area contributed by atoms with E-state index in [1.165, 1.54) is 4.90 Å². The summed E-state index contributed by atoms with van der Waals surface area (Å²) in [5.74, 6) is -0.828. The predicted octanol–water partition coefficient (Wildman–Crippen LogP) is 3.32. The number of fused-ring (bicyclic) bond motifs is 1. The van der Waals surface area contributed by atoms with Crippen LogP contribution >= 0.6 is 23.2 Å². The lowest BCUT2D eigenvalue weighted by Crippen LogP contribution is -2.42. The minimum Gasteiger partial charge on any atom is -0.331 e. The molecule has 1 aromatic heterocycles. The van der Waals surface area contributed by atoms with Gasteiger partial charge in [-0.3, -0.25) is 9.78 Å². The van der Waals surface area contributed by atoms with Gasteiger partial charge in [0.1, 0.15) is 0 Å². The average molecular weight is 513 g/mol. The summed E-state index contributed by atoms with van der Waals surface area (Å²) in [4.78, 5) is 19.0. The van der Waals surface area contributed by atoms with Crippen molar-refractivity contribution < 1.29 is 26.4 Å². The molecule has 0 spiro atoms. The second kappa shape index (κ2) is 8.94. The van der Waals surface area contributed by atoms with Gasteiger partial charge in [-0.05, 0) is 30.5 Å². The number of nitrogens with two attached hydrogens (primary N) is 1. The lowest BCUT2D eigenvalue weighted by molar-refractivity contribution is -0.0483. The highest BCUT2D eigenvalue weighted by Crippen LogP contribution is 2.42. The Hall–Kier alpha value is -1.66. The molecular weight excluding hydrogens is 492 g/mol. The van der Waals surface area contributed by atoms with E-state index in [1.807, 2.05) is 0 Å². The molecule has 1 atom stereocenters. The molecule has 1 aliphatic carbocycles. The van der Waals surface area contributed by atoms with E-state index in [2.05, 4.69) is 4.98 Å². The van der Waals surface area contributed by atoms with E-state index in [9.17, 15) is 26.4 Å². The summed E-state index contributed by atoms with van der Waals surface area (Å²) < 4.78 is 61.6. The number of nitrogens with zero attached hydrogens (tertiary/aromatic N) is 3. The van der Waals surface area contributed by atoms with Crippen LogP contribution in [0.1, 0.15) is 45.2 Å². The molecule has 0 unspecified atom stereocenters. The normalized spacial score (nSPS) is 19.3. The monoisotopic (exact) mass is 512 g/mol. The molecule has 2 N–H and O–H groups in total. The first kappa shape index (κ1) is 25.0. The van der Waals surface area contributed by atoms with Gasteiger partial charge in [-0.15, -0.1) is 0 Å². The number of alkyl halides is 3. The average Bonchev–Trinajstić information content (AvgIpc) is 2.99. The van der Waals surface area contributed by atoms with Gasteiger partial charge in [-0.25, -0.2) is 8.42 Å². The summed E-state index contributed by atoms with van der Waals surface area (Å²) in [6, 6.07) is 0. The molecule has 1 amide bonds. The van der Waals surface area contributed by atoms with Gasteiger partial charge in [0.15, 0.2) is 0 Å². The van der Waals surface area contributed by atoms with Gasteiger partial charge in [-0.2, -0.15) is 17.5 Å². The number of allylic oxidation sites excluding steroid dienone is 4. The van der Waals surface area contributed by atoms with Gasteiger partial charge in [0.05, 0.1) is 17.8 Å². The topological polar surface area (TPSA) is 96.6 Å². The zero-order chi connectivity index (χ0) is 24.0. The maximum atomic E-state index is 13.2. The Morgan fingerprint density at radius 3 is 2.56 bits per heavy atom. The van der Waals surface area contributed by atoms with Crippen LogP contribution in [0.5, 0.6) is 0 Å². The number of hydrogen-bond acceptors (Lipinski definition) is 5. The third-order valence-corrected chi connectivity index (χ3v) is 7.79. The summed E-state index contributed by atoms with van der Waals surface area (Å²) in [7, 11) is -4.67. The lowest BCUT2D eigenvalue weighted by atomic mass is 9.84. The summed E-state index contributed by atoms with van der Waals surface area (Å²) in [6.07, 6.45) is 3.81. The van der Waals surface area contributed by atoms with Crippen molar-refractivity contribution in [1.82, 2.24) is 14.2 Å². The molecule has 7 nitrogen and oxygen atoms in total. The Kier molecular flexibility index (Phi) is 6.98. The van der Waals surface area contributed by atoms with Crippen molar-refractivity contribution in [1.29, 1.82) is 0 Å². The number of rotatable bonds is 6. The maximum absolute atomic E-state index is 13.2. The molecule has 0 saturated carbocycles. The Morgan fingerprint density at radius 2 is 2.00 bits per heavy atom. The van der Waals surface area contributed by atoms with Crippen molar-refractivity contribution in [2.45, 2.75) is 37.9 Å². The van der Waals surface area contributed by atoms with Gasteiger partial charge in [-0.1, -0.05) is 29.3 Å². The zero-order valence-electron chi connectivity index (χ0n) is 17.2. The molecule has 0 fully saturated rings. The highest BCUT2D eigenvalue weighted by molar-refractivity contribution is 7.89. The van der Waals surface area contributed by atoms with Crippen LogP contribution in [0.3, 0.4) is 0 Å². The standard InChI is InChI=1S/C19H21Cl2F3N4O3S/c1-10-13(8-25)16(12-4-3-11(20)7-14(12)21)17-15(26-10)9-28(18(17)29)6-5-27(2)32(30,31)19(22,23)24/h3,7,12H,4-6,8-9,25H2,1-2H3/t12-/m1/s1. The van der Waals surface area contributed by atoms with Crippen molar-refractivity contribution in [3.63, 3.8) is 0 Å². The van der Waals surface area contributed by atoms with Gasteiger partial charge < -0.3 is 10.6 Å². The molecule has 176 valence electrons. The Morgan fingerprint density at radius 1 is 1.34 bits per heavy atom. The maximum Gasteiger partial charge on any atom is 0.511 e. The number of carbonyl (C=O) groups is 1. The fraction of sp³-hybridized carbons (Fsp3) is 0.474. The summed E-state index contributed by atoms with van der Waals surface area (Å²) in [5, 5.41) is 0.909. The van der Waals surface area contributed by atoms with E-state index in [4.69, 9.17) is 28.9 Å². The molecule has 2 heterocycles. The summed E-state index contributed by atoms with van der Waals surface area (Å²) in [6.45, 7) is 1.14. The predicted molar refractivity (Wildman–Crippen MR) is 114 cm³/mol. The number of hydrogen-bond donors (Lipinski definition) is 1. The quantitative estimate of drug-likeness (QED) is 0.630.